The molecule has 3 N–H and O–H groups in total. The standard InChI is InChI=1S/C21H22FN3O3/c22-17-5-3-14(4-6-17)18-10-19(18)23-11-20(26)25-8-7-13-1-2-15(21(27)24-28)9-16(13)12-25/h1-6,9,18-19,23,28H,7-8,10-12H2,(H,24,27)/t18-,19-/m1/s1. The Labute approximate surface area is 162 Å². The van der Waals surface area contributed by atoms with Gasteiger partial charge in [0.2, 0.25) is 5.91 Å². The van der Waals surface area contributed by atoms with Crippen molar-refractivity contribution in [3.63, 3.8) is 0 Å². The van der Waals surface area contributed by atoms with Crippen molar-refractivity contribution in [1.82, 2.24) is 15.7 Å². The molecular formula is C21H22FN3O3. The third-order valence-corrected chi connectivity index (χ3v) is 5.54. The Morgan fingerprint density at radius 1 is 1.14 bits per heavy atom. The number of hydroxylamine groups is 1. The molecule has 1 saturated carbocycles. The van der Waals surface area contributed by atoms with Gasteiger partial charge in [-0.2, -0.15) is 0 Å². The van der Waals surface area contributed by atoms with Gasteiger partial charge in [0.05, 0.1) is 6.54 Å². The van der Waals surface area contributed by atoms with Gasteiger partial charge >= 0.3 is 0 Å². The Morgan fingerprint density at radius 2 is 1.93 bits per heavy atom. The van der Waals surface area contributed by atoms with E-state index in [9.17, 15) is 14.0 Å². The number of benzene rings is 2. The molecule has 0 spiro atoms. The van der Waals surface area contributed by atoms with Crippen molar-refractivity contribution in [3.8, 4) is 0 Å². The molecule has 7 heteroatoms. The average Bonchev–Trinajstić information content (AvgIpc) is 3.50. The summed E-state index contributed by atoms with van der Waals surface area (Å²) in [7, 11) is 0. The molecule has 0 aromatic heterocycles. The third kappa shape index (κ3) is 3.90. The van der Waals surface area contributed by atoms with Crippen LogP contribution in [0, 0.1) is 5.82 Å². The lowest BCUT2D eigenvalue weighted by atomic mass is 9.97. The zero-order valence-electron chi connectivity index (χ0n) is 15.3. The maximum Gasteiger partial charge on any atom is 0.274 e. The number of nitrogens with zero attached hydrogens (tertiary/aromatic N) is 1. The van der Waals surface area contributed by atoms with Crippen LogP contribution in [-0.4, -0.2) is 41.1 Å². The smallest absolute Gasteiger partial charge is 0.274 e. The predicted octanol–water partition coefficient (Wildman–Crippen LogP) is 1.98. The van der Waals surface area contributed by atoms with E-state index in [2.05, 4.69) is 5.32 Å². The number of halogens is 1. The van der Waals surface area contributed by atoms with E-state index in [1.54, 1.807) is 34.6 Å². The van der Waals surface area contributed by atoms with Crippen LogP contribution in [0.25, 0.3) is 0 Å². The van der Waals surface area contributed by atoms with Crippen LogP contribution in [0.4, 0.5) is 4.39 Å². The average molecular weight is 383 g/mol. The van der Waals surface area contributed by atoms with Gasteiger partial charge in [0, 0.05) is 30.6 Å². The van der Waals surface area contributed by atoms with Gasteiger partial charge in [0.1, 0.15) is 5.82 Å². The van der Waals surface area contributed by atoms with Crippen molar-refractivity contribution in [2.75, 3.05) is 13.1 Å². The van der Waals surface area contributed by atoms with Crippen molar-refractivity contribution in [3.05, 3.63) is 70.5 Å². The Morgan fingerprint density at radius 3 is 2.68 bits per heavy atom. The highest BCUT2D eigenvalue weighted by atomic mass is 19.1. The van der Waals surface area contributed by atoms with Crippen LogP contribution >= 0.6 is 0 Å². The summed E-state index contributed by atoms with van der Waals surface area (Å²) in [6.45, 7) is 1.36. The van der Waals surface area contributed by atoms with Crippen LogP contribution < -0.4 is 10.8 Å². The molecule has 1 aliphatic carbocycles. The molecular weight excluding hydrogens is 361 g/mol. The number of carbonyl (C=O) groups excluding carboxylic acids is 2. The van der Waals surface area contributed by atoms with Gasteiger partial charge in [-0.15, -0.1) is 0 Å². The molecule has 0 unspecified atom stereocenters. The second kappa shape index (κ2) is 7.69. The van der Waals surface area contributed by atoms with Gasteiger partial charge < -0.3 is 10.2 Å². The number of fused-ring (bicyclic) bond motifs is 1. The maximum absolute atomic E-state index is 13.0. The zero-order valence-corrected chi connectivity index (χ0v) is 15.3. The molecule has 0 bridgehead atoms. The fourth-order valence-electron chi connectivity index (χ4n) is 3.80. The van der Waals surface area contributed by atoms with Crippen LogP contribution in [0.3, 0.4) is 0 Å². The second-order valence-electron chi connectivity index (χ2n) is 7.37. The molecule has 6 nitrogen and oxygen atoms in total. The molecule has 1 fully saturated rings. The number of amides is 2. The predicted molar refractivity (Wildman–Crippen MR) is 100 cm³/mol. The number of hydrogen-bond acceptors (Lipinski definition) is 4. The number of carbonyl (C=O) groups is 2. The highest BCUT2D eigenvalue weighted by molar-refractivity contribution is 5.93. The molecule has 0 saturated heterocycles. The molecule has 1 heterocycles. The molecule has 2 aromatic carbocycles. The topological polar surface area (TPSA) is 81.7 Å². The van der Waals surface area contributed by atoms with Gasteiger partial charge in [-0.05, 0) is 53.8 Å². The zero-order chi connectivity index (χ0) is 19.7. The Bertz CT molecular complexity index is 900. The SMILES string of the molecule is O=C(NO)c1ccc2c(c1)CN(C(=O)CN[C@@H]1C[C@@H]1c1ccc(F)cc1)CC2. The first-order chi connectivity index (χ1) is 13.5. The summed E-state index contributed by atoms with van der Waals surface area (Å²) in [6, 6.07) is 12.0. The largest absolute Gasteiger partial charge is 0.337 e. The minimum absolute atomic E-state index is 0.0208. The van der Waals surface area contributed by atoms with Crippen LogP contribution in [0.5, 0.6) is 0 Å². The number of rotatable bonds is 5. The molecule has 2 atom stereocenters. The van der Waals surface area contributed by atoms with E-state index in [1.165, 1.54) is 12.1 Å². The van der Waals surface area contributed by atoms with E-state index in [0.717, 1.165) is 29.5 Å². The molecule has 2 amide bonds. The molecule has 4 rings (SSSR count). The first kappa shape index (κ1) is 18.6. The van der Waals surface area contributed by atoms with Gasteiger partial charge in [0.15, 0.2) is 0 Å². The van der Waals surface area contributed by atoms with Gasteiger partial charge in [-0.25, -0.2) is 9.87 Å². The molecule has 2 aliphatic rings. The van der Waals surface area contributed by atoms with E-state index in [0.29, 0.717) is 24.6 Å². The molecule has 1 aliphatic heterocycles. The van der Waals surface area contributed by atoms with E-state index in [4.69, 9.17) is 5.21 Å². The molecule has 2 aromatic rings. The first-order valence-electron chi connectivity index (χ1n) is 9.38. The first-order valence-corrected chi connectivity index (χ1v) is 9.38. The molecule has 146 valence electrons. The monoisotopic (exact) mass is 383 g/mol. The second-order valence-corrected chi connectivity index (χ2v) is 7.37. The summed E-state index contributed by atoms with van der Waals surface area (Å²) in [4.78, 5) is 26.0. The highest BCUT2D eigenvalue weighted by Gasteiger charge is 2.38. The summed E-state index contributed by atoms with van der Waals surface area (Å²) in [5, 5.41) is 12.1. The van der Waals surface area contributed by atoms with E-state index >= 15 is 0 Å². The summed E-state index contributed by atoms with van der Waals surface area (Å²) in [5.41, 5.74) is 5.14. The minimum atomic E-state index is -0.562. The number of hydrogen-bond donors (Lipinski definition) is 3. The lowest BCUT2D eigenvalue weighted by Gasteiger charge is -2.29. The lowest BCUT2D eigenvalue weighted by molar-refractivity contribution is -0.131. The van der Waals surface area contributed by atoms with Crippen molar-refractivity contribution in [2.45, 2.75) is 31.3 Å². The fraction of sp³-hybridized carbons (Fsp3) is 0.333. The van der Waals surface area contributed by atoms with Crippen molar-refractivity contribution in [1.29, 1.82) is 0 Å². The molecule has 28 heavy (non-hydrogen) atoms. The van der Waals surface area contributed by atoms with Gasteiger partial charge in [-0.1, -0.05) is 18.2 Å². The van der Waals surface area contributed by atoms with E-state index in [1.807, 2.05) is 6.07 Å². The maximum atomic E-state index is 13.0. The Hall–Kier alpha value is -2.77. The van der Waals surface area contributed by atoms with Crippen molar-refractivity contribution in [2.24, 2.45) is 0 Å². The molecule has 0 radical (unpaired) electrons. The van der Waals surface area contributed by atoms with Crippen molar-refractivity contribution >= 4 is 11.8 Å². The highest BCUT2D eigenvalue weighted by Crippen LogP contribution is 2.40. The van der Waals surface area contributed by atoms with Crippen LogP contribution in [-0.2, 0) is 17.8 Å². The normalized spacial score (nSPS) is 20.4. The van der Waals surface area contributed by atoms with E-state index < -0.39 is 5.91 Å². The quantitative estimate of drug-likeness (QED) is 0.545. The summed E-state index contributed by atoms with van der Waals surface area (Å²) in [5.74, 6) is -0.454. The summed E-state index contributed by atoms with van der Waals surface area (Å²) in [6.07, 6.45) is 1.69. The number of nitrogens with one attached hydrogen (secondary N) is 2. The van der Waals surface area contributed by atoms with Crippen LogP contribution in [0.1, 0.15) is 39.4 Å². The summed E-state index contributed by atoms with van der Waals surface area (Å²) >= 11 is 0. The lowest BCUT2D eigenvalue weighted by Crippen LogP contribution is -2.41. The van der Waals surface area contributed by atoms with E-state index in [-0.39, 0.29) is 24.3 Å². The third-order valence-electron chi connectivity index (χ3n) is 5.54. The van der Waals surface area contributed by atoms with Crippen molar-refractivity contribution < 1.29 is 19.2 Å². The summed E-state index contributed by atoms with van der Waals surface area (Å²) < 4.78 is 13.0. The Balaban J connectivity index is 1.32. The van der Waals surface area contributed by atoms with Crippen LogP contribution in [0.2, 0.25) is 0 Å². The van der Waals surface area contributed by atoms with Gasteiger partial charge in [0.25, 0.3) is 5.91 Å². The fourth-order valence-corrected chi connectivity index (χ4v) is 3.80. The Kier molecular flexibility index (Phi) is 5.11. The van der Waals surface area contributed by atoms with Gasteiger partial charge in [-0.3, -0.25) is 14.8 Å². The minimum Gasteiger partial charge on any atom is -0.337 e. The van der Waals surface area contributed by atoms with Crippen LogP contribution in [0.15, 0.2) is 42.5 Å².